The largest absolute Gasteiger partial charge is 0.393 e. The molecule has 0 radical (unpaired) electrons. The van der Waals surface area contributed by atoms with Gasteiger partial charge < -0.3 is 21.9 Å². The average molecular weight is 428 g/mol. The molecule has 0 aromatic heterocycles. The van der Waals surface area contributed by atoms with Gasteiger partial charge in [-0.15, -0.1) is 0 Å². The number of nitrogens with two attached hydrogens (primary N) is 2. The molecule has 0 aromatic rings. The quantitative estimate of drug-likeness (QED) is 0.248. The van der Waals surface area contributed by atoms with Crippen molar-refractivity contribution in [2.45, 2.75) is 97.6 Å². The third-order valence-corrected chi connectivity index (χ3v) is 5.65. The third kappa shape index (κ3) is 11.8. The molecule has 7 nitrogen and oxygen atoms in total. The Morgan fingerprint density at radius 3 is 2.00 bits per heavy atom. The summed E-state index contributed by atoms with van der Waals surface area (Å²) in [6.45, 7) is 7.57. The first-order valence-electron chi connectivity index (χ1n) is 11.6. The predicted octanol–water partition coefficient (Wildman–Crippen LogP) is 2.33. The van der Waals surface area contributed by atoms with Crippen molar-refractivity contribution in [3.63, 3.8) is 0 Å². The van der Waals surface area contributed by atoms with Crippen LogP contribution in [0.3, 0.4) is 0 Å². The van der Waals surface area contributed by atoms with Crippen molar-refractivity contribution in [1.82, 2.24) is 5.32 Å². The predicted molar refractivity (Wildman–Crippen MR) is 121 cm³/mol. The highest BCUT2D eigenvalue weighted by Gasteiger charge is 2.30. The number of amides is 1. The van der Waals surface area contributed by atoms with Gasteiger partial charge in [0.15, 0.2) is 5.78 Å². The number of hydrogen-bond acceptors (Lipinski definition) is 6. The van der Waals surface area contributed by atoms with E-state index in [0.717, 1.165) is 19.3 Å². The maximum absolute atomic E-state index is 12.6. The molecule has 1 amide bonds. The normalized spacial score (nSPS) is 15.5. The molecule has 30 heavy (non-hydrogen) atoms. The summed E-state index contributed by atoms with van der Waals surface area (Å²) in [5.74, 6) is -1.83. The maximum Gasteiger partial charge on any atom is 0.226 e. The Labute approximate surface area is 182 Å². The van der Waals surface area contributed by atoms with Crippen LogP contribution in [0.5, 0.6) is 0 Å². The van der Waals surface area contributed by atoms with Crippen LogP contribution in [-0.2, 0) is 14.4 Å². The highest BCUT2D eigenvalue weighted by atomic mass is 16.3. The standard InChI is InChI=1S/C23H45N3O4/c1-5-6-7-8-9-10-11-18(14-24)12-19(28)13-20(17(4)27)23(30)26-21(15-25)22(29)16(2)3/h16-18,20-21,27H,5-15,24-25H2,1-4H3,(H,26,30)/t17-,18?,20-,21-/m0/s1. The Balaban J connectivity index is 4.67. The lowest BCUT2D eigenvalue weighted by Crippen LogP contribution is -2.51. The summed E-state index contributed by atoms with van der Waals surface area (Å²) >= 11 is 0. The Hall–Kier alpha value is -1.31. The van der Waals surface area contributed by atoms with Crippen molar-refractivity contribution in [3.05, 3.63) is 0 Å². The van der Waals surface area contributed by atoms with E-state index in [-0.39, 0.29) is 36.4 Å². The molecule has 0 aliphatic rings. The molecule has 0 heterocycles. The summed E-state index contributed by atoms with van der Waals surface area (Å²) in [7, 11) is 0. The summed E-state index contributed by atoms with van der Waals surface area (Å²) in [5, 5.41) is 12.7. The molecular formula is C23H45N3O4. The minimum Gasteiger partial charge on any atom is -0.393 e. The van der Waals surface area contributed by atoms with E-state index in [1.807, 2.05) is 0 Å². The molecule has 4 atom stereocenters. The summed E-state index contributed by atoms with van der Waals surface area (Å²) in [4.78, 5) is 37.3. The number of aliphatic hydroxyl groups is 1. The van der Waals surface area contributed by atoms with Gasteiger partial charge >= 0.3 is 0 Å². The molecule has 0 aliphatic heterocycles. The minimum atomic E-state index is -1.00. The smallest absolute Gasteiger partial charge is 0.226 e. The first-order valence-corrected chi connectivity index (χ1v) is 11.6. The molecular weight excluding hydrogens is 382 g/mol. The van der Waals surface area contributed by atoms with Gasteiger partial charge in [-0.25, -0.2) is 0 Å². The Morgan fingerprint density at radius 2 is 1.50 bits per heavy atom. The second kappa shape index (κ2) is 16.4. The van der Waals surface area contributed by atoms with Crippen LogP contribution in [0.4, 0.5) is 0 Å². The molecule has 0 aliphatic carbocycles. The fraction of sp³-hybridized carbons (Fsp3) is 0.870. The molecule has 0 rings (SSSR count). The van der Waals surface area contributed by atoms with E-state index in [9.17, 15) is 19.5 Å². The minimum absolute atomic E-state index is 0.0171. The van der Waals surface area contributed by atoms with Gasteiger partial charge in [-0.2, -0.15) is 0 Å². The number of nitrogens with one attached hydrogen (secondary N) is 1. The fourth-order valence-electron chi connectivity index (χ4n) is 3.58. The zero-order chi connectivity index (χ0) is 23.1. The molecule has 0 saturated heterocycles. The van der Waals surface area contributed by atoms with E-state index in [0.29, 0.717) is 13.0 Å². The molecule has 0 saturated carbocycles. The number of aliphatic hydroxyl groups excluding tert-OH is 1. The number of carbonyl (C=O) groups is 3. The van der Waals surface area contributed by atoms with Crippen LogP contribution < -0.4 is 16.8 Å². The van der Waals surface area contributed by atoms with Crippen molar-refractivity contribution in [2.24, 2.45) is 29.2 Å². The number of Topliss-reactive ketones (excluding diaryl/α,β-unsaturated/α-hetero) is 2. The van der Waals surface area contributed by atoms with E-state index in [2.05, 4.69) is 12.2 Å². The Kier molecular flexibility index (Phi) is 15.7. The summed E-state index contributed by atoms with van der Waals surface area (Å²) in [6, 6.07) is -0.807. The molecule has 7 heteroatoms. The van der Waals surface area contributed by atoms with Crippen molar-refractivity contribution < 1.29 is 19.5 Å². The summed E-state index contributed by atoms with van der Waals surface area (Å²) < 4.78 is 0. The molecule has 0 aromatic carbocycles. The molecule has 0 fully saturated rings. The van der Waals surface area contributed by atoms with Gasteiger partial charge in [0.2, 0.25) is 5.91 Å². The first-order chi connectivity index (χ1) is 14.2. The topological polar surface area (TPSA) is 136 Å². The van der Waals surface area contributed by atoms with E-state index < -0.39 is 24.0 Å². The van der Waals surface area contributed by atoms with Crippen molar-refractivity contribution in [3.8, 4) is 0 Å². The fourth-order valence-corrected chi connectivity index (χ4v) is 3.58. The molecule has 0 bridgehead atoms. The number of carbonyl (C=O) groups excluding carboxylic acids is 3. The van der Waals surface area contributed by atoms with Crippen LogP contribution in [0.15, 0.2) is 0 Å². The molecule has 176 valence electrons. The zero-order valence-corrected chi connectivity index (χ0v) is 19.5. The van der Waals surface area contributed by atoms with E-state index >= 15 is 0 Å². The van der Waals surface area contributed by atoms with Crippen molar-refractivity contribution in [2.75, 3.05) is 13.1 Å². The highest BCUT2D eigenvalue weighted by Crippen LogP contribution is 2.19. The molecule has 6 N–H and O–H groups in total. The lowest BCUT2D eigenvalue weighted by molar-refractivity contribution is -0.136. The highest BCUT2D eigenvalue weighted by molar-refractivity contribution is 5.93. The summed E-state index contributed by atoms with van der Waals surface area (Å²) in [6.07, 6.45) is 7.27. The van der Waals surface area contributed by atoms with Gasteiger partial charge in [0.25, 0.3) is 0 Å². The van der Waals surface area contributed by atoms with Crippen LogP contribution in [0.25, 0.3) is 0 Å². The van der Waals surface area contributed by atoms with Gasteiger partial charge in [0.05, 0.1) is 18.1 Å². The van der Waals surface area contributed by atoms with Crippen LogP contribution in [-0.4, -0.2) is 47.8 Å². The van der Waals surface area contributed by atoms with Crippen molar-refractivity contribution >= 4 is 17.5 Å². The second-order valence-corrected chi connectivity index (χ2v) is 8.81. The SMILES string of the molecule is CCCCCCCCC(CN)CC(=O)C[C@H](C(=O)N[C@@H](CN)C(=O)C(C)C)[C@H](C)O. The van der Waals surface area contributed by atoms with Gasteiger partial charge in [0, 0.05) is 25.3 Å². The van der Waals surface area contributed by atoms with Crippen LogP contribution in [0, 0.1) is 17.8 Å². The van der Waals surface area contributed by atoms with E-state index in [4.69, 9.17) is 11.5 Å². The zero-order valence-electron chi connectivity index (χ0n) is 19.5. The second-order valence-electron chi connectivity index (χ2n) is 8.81. The Bertz CT molecular complexity index is 509. The van der Waals surface area contributed by atoms with Crippen LogP contribution in [0.2, 0.25) is 0 Å². The maximum atomic E-state index is 12.6. The summed E-state index contributed by atoms with van der Waals surface area (Å²) in [5.41, 5.74) is 11.5. The van der Waals surface area contributed by atoms with Crippen LogP contribution >= 0.6 is 0 Å². The number of rotatable bonds is 18. The van der Waals surface area contributed by atoms with E-state index in [1.165, 1.54) is 32.6 Å². The molecule has 1 unspecified atom stereocenters. The lowest BCUT2D eigenvalue weighted by atomic mass is 9.89. The van der Waals surface area contributed by atoms with Crippen molar-refractivity contribution in [1.29, 1.82) is 0 Å². The van der Waals surface area contributed by atoms with Gasteiger partial charge in [0.1, 0.15) is 5.78 Å². The number of ketones is 2. The van der Waals surface area contributed by atoms with E-state index in [1.54, 1.807) is 13.8 Å². The lowest BCUT2D eigenvalue weighted by Gasteiger charge is -2.24. The third-order valence-electron chi connectivity index (χ3n) is 5.65. The van der Waals surface area contributed by atoms with Crippen LogP contribution in [0.1, 0.15) is 85.5 Å². The molecule has 0 spiro atoms. The Morgan fingerprint density at radius 1 is 0.900 bits per heavy atom. The average Bonchev–Trinajstić information content (AvgIpc) is 2.70. The monoisotopic (exact) mass is 427 g/mol. The van der Waals surface area contributed by atoms with Gasteiger partial charge in [-0.05, 0) is 25.8 Å². The number of unbranched alkanes of at least 4 members (excludes halogenated alkanes) is 5. The van der Waals surface area contributed by atoms with Gasteiger partial charge in [-0.1, -0.05) is 59.3 Å². The number of hydrogen-bond donors (Lipinski definition) is 4. The van der Waals surface area contributed by atoms with Gasteiger partial charge in [-0.3, -0.25) is 14.4 Å². The first kappa shape index (κ1) is 28.7.